The van der Waals surface area contributed by atoms with Crippen LogP contribution in [0.4, 0.5) is 4.79 Å². The van der Waals surface area contributed by atoms with Crippen LogP contribution in [-0.2, 0) is 0 Å². The van der Waals surface area contributed by atoms with Crippen molar-refractivity contribution in [2.75, 3.05) is 19.7 Å². The molecular weight excluding hydrogens is 262 g/mol. The first-order valence-electron chi connectivity index (χ1n) is 6.80. The number of piperidine rings is 1. The Morgan fingerprint density at radius 2 is 2.37 bits per heavy atom. The molecule has 0 spiro atoms. The number of aliphatic hydroxyl groups excluding tert-OH is 1. The first-order chi connectivity index (χ1) is 9.24. The Bertz CT molecular complexity index is 389. The second-order valence-electron chi connectivity index (χ2n) is 4.89. The smallest absolute Gasteiger partial charge is 0.317 e. The number of aromatic nitrogens is 1. The van der Waals surface area contributed by atoms with Crippen molar-refractivity contribution in [3.63, 3.8) is 0 Å². The molecule has 6 heteroatoms. The zero-order valence-electron chi connectivity index (χ0n) is 11.2. The van der Waals surface area contributed by atoms with Crippen molar-refractivity contribution in [3.05, 3.63) is 16.6 Å². The van der Waals surface area contributed by atoms with Gasteiger partial charge in [0.15, 0.2) is 0 Å². The molecule has 0 saturated carbocycles. The van der Waals surface area contributed by atoms with Gasteiger partial charge in [0.2, 0.25) is 0 Å². The van der Waals surface area contributed by atoms with Crippen LogP contribution >= 0.6 is 11.3 Å². The maximum absolute atomic E-state index is 12.2. The number of thiazole rings is 1. The molecule has 1 saturated heterocycles. The Labute approximate surface area is 117 Å². The monoisotopic (exact) mass is 283 g/mol. The molecule has 2 rings (SSSR count). The van der Waals surface area contributed by atoms with Crippen molar-refractivity contribution in [1.29, 1.82) is 0 Å². The van der Waals surface area contributed by atoms with Crippen LogP contribution in [0.5, 0.6) is 0 Å². The Morgan fingerprint density at radius 3 is 2.89 bits per heavy atom. The number of carbonyl (C=O) groups is 1. The molecule has 19 heavy (non-hydrogen) atoms. The topological polar surface area (TPSA) is 65.5 Å². The van der Waals surface area contributed by atoms with E-state index in [1.807, 2.05) is 17.2 Å². The van der Waals surface area contributed by atoms with Crippen molar-refractivity contribution in [1.82, 2.24) is 15.2 Å². The average Bonchev–Trinajstić information content (AvgIpc) is 2.98. The minimum absolute atomic E-state index is 0.00284. The normalized spacial score (nSPS) is 18.3. The second-order valence-corrected chi connectivity index (χ2v) is 5.82. The summed E-state index contributed by atoms with van der Waals surface area (Å²) >= 11 is 1.57. The van der Waals surface area contributed by atoms with Crippen LogP contribution in [0.1, 0.15) is 37.2 Å². The predicted molar refractivity (Wildman–Crippen MR) is 75.1 cm³/mol. The number of hydrogen-bond acceptors (Lipinski definition) is 4. The predicted octanol–water partition coefficient (Wildman–Crippen LogP) is 2.01. The van der Waals surface area contributed by atoms with E-state index in [1.165, 1.54) is 0 Å². The highest BCUT2D eigenvalue weighted by Gasteiger charge is 2.24. The summed E-state index contributed by atoms with van der Waals surface area (Å²) in [5.74, 6) is 0.352. The lowest BCUT2D eigenvalue weighted by atomic mass is 9.98. The van der Waals surface area contributed by atoms with Crippen molar-refractivity contribution in [2.24, 2.45) is 5.92 Å². The molecule has 2 N–H and O–H groups in total. The molecule has 0 aliphatic carbocycles. The first kappa shape index (κ1) is 14.3. The van der Waals surface area contributed by atoms with Gasteiger partial charge in [-0.1, -0.05) is 6.92 Å². The van der Waals surface area contributed by atoms with E-state index in [-0.39, 0.29) is 18.7 Å². The maximum Gasteiger partial charge on any atom is 0.317 e. The molecule has 106 valence electrons. The number of carbonyl (C=O) groups excluding carboxylic acids is 1. The van der Waals surface area contributed by atoms with E-state index in [9.17, 15) is 4.79 Å². The molecule has 1 fully saturated rings. The van der Waals surface area contributed by atoms with Crippen LogP contribution in [0.2, 0.25) is 0 Å². The zero-order valence-corrected chi connectivity index (χ0v) is 12.0. The third-order valence-electron chi connectivity index (χ3n) is 3.62. The van der Waals surface area contributed by atoms with E-state index in [1.54, 1.807) is 17.5 Å². The molecule has 1 aliphatic rings. The summed E-state index contributed by atoms with van der Waals surface area (Å²) < 4.78 is 0. The summed E-state index contributed by atoms with van der Waals surface area (Å²) in [6, 6.07) is -0.0125. The standard InChI is InChI=1S/C13H21N3O2S/c1-2-11(12-14-5-8-19-12)15-13(18)16-6-3-10(9-17)4-7-16/h5,8,10-11,17H,2-4,6-7,9H2,1H3,(H,15,18). The molecule has 0 radical (unpaired) electrons. The van der Waals surface area contributed by atoms with E-state index in [4.69, 9.17) is 5.11 Å². The van der Waals surface area contributed by atoms with Gasteiger partial charge in [0.05, 0.1) is 6.04 Å². The SMILES string of the molecule is CCC(NC(=O)N1CCC(CO)CC1)c1nccs1. The van der Waals surface area contributed by atoms with E-state index in [0.717, 1.165) is 37.4 Å². The van der Waals surface area contributed by atoms with E-state index in [0.29, 0.717) is 5.92 Å². The van der Waals surface area contributed by atoms with Gasteiger partial charge in [-0.2, -0.15) is 0 Å². The number of likely N-dealkylation sites (tertiary alicyclic amines) is 1. The van der Waals surface area contributed by atoms with Crippen LogP contribution in [-0.4, -0.2) is 40.7 Å². The number of urea groups is 1. The fraction of sp³-hybridized carbons (Fsp3) is 0.692. The fourth-order valence-corrected chi connectivity index (χ4v) is 3.08. The number of hydrogen-bond donors (Lipinski definition) is 2. The fourth-order valence-electron chi connectivity index (χ4n) is 2.30. The molecule has 1 unspecified atom stereocenters. The lowest BCUT2D eigenvalue weighted by Gasteiger charge is -2.32. The Hall–Kier alpha value is -1.14. The lowest BCUT2D eigenvalue weighted by Crippen LogP contribution is -2.45. The van der Waals surface area contributed by atoms with Gasteiger partial charge in [-0.3, -0.25) is 0 Å². The zero-order chi connectivity index (χ0) is 13.7. The van der Waals surface area contributed by atoms with Gasteiger partial charge < -0.3 is 15.3 Å². The molecule has 0 aromatic carbocycles. The molecule has 1 aromatic heterocycles. The van der Waals surface area contributed by atoms with Gasteiger partial charge in [-0.05, 0) is 25.2 Å². The van der Waals surface area contributed by atoms with Crippen molar-refractivity contribution < 1.29 is 9.90 Å². The quantitative estimate of drug-likeness (QED) is 0.888. The Balaban J connectivity index is 1.87. The second kappa shape index (κ2) is 6.86. The number of amides is 2. The molecule has 1 aliphatic heterocycles. The highest BCUT2D eigenvalue weighted by Crippen LogP contribution is 2.21. The highest BCUT2D eigenvalue weighted by molar-refractivity contribution is 7.09. The number of aliphatic hydroxyl groups is 1. The summed E-state index contributed by atoms with van der Waals surface area (Å²) in [5.41, 5.74) is 0. The average molecular weight is 283 g/mol. The Kier molecular flexibility index (Phi) is 5.15. The molecule has 5 nitrogen and oxygen atoms in total. The van der Waals surface area contributed by atoms with Gasteiger partial charge in [0, 0.05) is 31.3 Å². The van der Waals surface area contributed by atoms with Crippen molar-refractivity contribution in [3.8, 4) is 0 Å². The third kappa shape index (κ3) is 3.67. The molecule has 1 aromatic rings. The van der Waals surface area contributed by atoms with E-state index in [2.05, 4.69) is 10.3 Å². The number of nitrogens with one attached hydrogen (secondary N) is 1. The summed E-state index contributed by atoms with van der Waals surface area (Å²) in [6.07, 6.45) is 4.38. The van der Waals surface area contributed by atoms with Crippen LogP contribution in [0.3, 0.4) is 0 Å². The maximum atomic E-state index is 12.2. The minimum atomic E-state index is -0.0153. The number of nitrogens with zero attached hydrogens (tertiary/aromatic N) is 2. The van der Waals surface area contributed by atoms with E-state index < -0.39 is 0 Å². The van der Waals surface area contributed by atoms with Gasteiger partial charge in [0.25, 0.3) is 0 Å². The third-order valence-corrected chi connectivity index (χ3v) is 4.50. The van der Waals surface area contributed by atoms with Crippen molar-refractivity contribution >= 4 is 17.4 Å². The Morgan fingerprint density at radius 1 is 1.63 bits per heavy atom. The minimum Gasteiger partial charge on any atom is -0.396 e. The summed E-state index contributed by atoms with van der Waals surface area (Å²) in [6.45, 7) is 3.73. The van der Waals surface area contributed by atoms with Crippen LogP contribution in [0, 0.1) is 5.92 Å². The van der Waals surface area contributed by atoms with Crippen LogP contribution < -0.4 is 5.32 Å². The van der Waals surface area contributed by atoms with Gasteiger partial charge in [-0.25, -0.2) is 9.78 Å². The van der Waals surface area contributed by atoms with E-state index >= 15 is 0 Å². The molecule has 2 heterocycles. The van der Waals surface area contributed by atoms with Gasteiger partial charge >= 0.3 is 6.03 Å². The van der Waals surface area contributed by atoms with Crippen LogP contribution in [0.15, 0.2) is 11.6 Å². The summed E-state index contributed by atoms with van der Waals surface area (Å²) in [7, 11) is 0. The van der Waals surface area contributed by atoms with Crippen molar-refractivity contribution in [2.45, 2.75) is 32.2 Å². The largest absolute Gasteiger partial charge is 0.396 e. The lowest BCUT2D eigenvalue weighted by molar-refractivity contribution is 0.135. The number of rotatable bonds is 4. The van der Waals surface area contributed by atoms with Gasteiger partial charge in [-0.15, -0.1) is 11.3 Å². The molecule has 0 bridgehead atoms. The first-order valence-corrected chi connectivity index (χ1v) is 7.68. The summed E-state index contributed by atoms with van der Waals surface area (Å²) in [5, 5.41) is 15.0. The molecule has 1 atom stereocenters. The highest BCUT2D eigenvalue weighted by atomic mass is 32.1. The molecule has 2 amide bonds. The van der Waals surface area contributed by atoms with Gasteiger partial charge in [0.1, 0.15) is 5.01 Å². The molecular formula is C13H21N3O2S. The summed E-state index contributed by atoms with van der Waals surface area (Å²) in [4.78, 5) is 18.3. The van der Waals surface area contributed by atoms with Crippen LogP contribution in [0.25, 0.3) is 0 Å².